The number of carbonyl (C=O) groups excluding carboxylic acids is 1. The molecule has 0 spiro atoms. The van der Waals surface area contributed by atoms with E-state index in [1.807, 2.05) is 70.5 Å². The Hall–Kier alpha value is -3.14. The molecule has 0 bridgehead atoms. The van der Waals surface area contributed by atoms with Crippen LogP contribution in [0.2, 0.25) is 0 Å². The van der Waals surface area contributed by atoms with Crippen LogP contribution in [-0.4, -0.2) is 36.9 Å². The molecule has 27 heavy (non-hydrogen) atoms. The van der Waals surface area contributed by atoms with Gasteiger partial charge in [-0.05, 0) is 36.8 Å². The van der Waals surface area contributed by atoms with Gasteiger partial charge in [0.2, 0.25) is 0 Å². The molecule has 4 nitrogen and oxygen atoms in total. The number of hydrogen-bond acceptors (Lipinski definition) is 3. The zero-order chi connectivity index (χ0) is 19.4. The van der Waals surface area contributed by atoms with Crippen molar-refractivity contribution in [2.45, 2.75) is 13.5 Å². The van der Waals surface area contributed by atoms with Crippen molar-refractivity contribution in [1.29, 1.82) is 0 Å². The van der Waals surface area contributed by atoms with Gasteiger partial charge >= 0.3 is 0 Å². The van der Waals surface area contributed by atoms with Crippen molar-refractivity contribution in [2.75, 3.05) is 26.0 Å². The molecule has 2 aromatic carbocycles. The van der Waals surface area contributed by atoms with Crippen molar-refractivity contribution < 1.29 is 4.79 Å². The molecule has 1 amide bonds. The van der Waals surface area contributed by atoms with E-state index in [0.29, 0.717) is 12.1 Å². The highest BCUT2D eigenvalue weighted by atomic mass is 16.2. The first-order valence-corrected chi connectivity index (χ1v) is 9.00. The molecular formula is C23H25N3O. The molecule has 0 aliphatic carbocycles. The van der Waals surface area contributed by atoms with E-state index in [0.717, 1.165) is 28.2 Å². The molecule has 3 rings (SSSR count). The predicted molar refractivity (Wildman–Crippen MR) is 111 cm³/mol. The fourth-order valence-electron chi connectivity index (χ4n) is 3.01. The minimum Gasteiger partial charge on any atom is -0.378 e. The predicted octanol–water partition coefficient (Wildman–Crippen LogP) is 4.40. The van der Waals surface area contributed by atoms with Crippen molar-refractivity contribution >= 4 is 11.6 Å². The molecule has 0 aliphatic rings. The third-order valence-corrected chi connectivity index (χ3v) is 4.60. The van der Waals surface area contributed by atoms with Crippen LogP contribution < -0.4 is 4.90 Å². The fraction of sp³-hybridized carbons (Fsp3) is 0.217. The number of carbonyl (C=O) groups is 1. The number of anilines is 1. The topological polar surface area (TPSA) is 36.4 Å². The smallest absolute Gasteiger partial charge is 0.255 e. The number of amides is 1. The Morgan fingerprint density at radius 1 is 0.889 bits per heavy atom. The Bertz CT molecular complexity index is 918. The highest BCUT2D eigenvalue weighted by molar-refractivity contribution is 5.95. The molecule has 0 N–H and O–H groups in total. The van der Waals surface area contributed by atoms with E-state index in [-0.39, 0.29) is 5.91 Å². The zero-order valence-corrected chi connectivity index (χ0v) is 16.3. The fourth-order valence-corrected chi connectivity index (χ4v) is 3.01. The molecule has 3 aromatic rings. The lowest BCUT2D eigenvalue weighted by Gasteiger charge is -2.19. The summed E-state index contributed by atoms with van der Waals surface area (Å²) in [6.45, 7) is 2.45. The van der Waals surface area contributed by atoms with E-state index in [4.69, 9.17) is 0 Å². The average Bonchev–Trinajstić information content (AvgIpc) is 2.68. The van der Waals surface area contributed by atoms with Crippen molar-refractivity contribution in [3.8, 4) is 11.3 Å². The number of hydrogen-bond donors (Lipinski definition) is 0. The summed E-state index contributed by atoms with van der Waals surface area (Å²) < 4.78 is 0. The van der Waals surface area contributed by atoms with E-state index in [9.17, 15) is 4.79 Å². The van der Waals surface area contributed by atoms with Crippen LogP contribution in [0, 0.1) is 6.92 Å². The SMILES string of the molecule is Cc1nc(-c2ccccc2)ccc1C(=O)N(C)Cc1ccc(N(C)C)cc1. The number of benzene rings is 2. The maximum absolute atomic E-state index is 12.9. The number of pyridine rings is 1. The van der Waals surface area contributed by atoms with Crippen LogP contribution in [0.4, 0.5) is 5.69 Å². The first-order valence-electron chi connectivity index (χ1n) is 9.00. The van der Waals surface area contributed by atoms with Gasteiger partial charge in [0.25, 0.3) is 5.91 Å². The van der Waals surface area contributed by atoms with Crippen LogP contribution >= 0.6 is 0 Å². The number of aromatic nitrogens is 1. The van der Waals surface area contributed by atoms with Gasteiger partial charge in [0.1, 0.15) is 0 Å². The van der Waals surface area contributed by atoms with Crippen LogP contribution in [0.5, 0.6) is 0 Å². The third-order valence-electron chi connectivity index (χ3n) is 4.60. The molecule has 0 fully saturated rings. The molecule has 0 unspecified atom stereocenters. The lowest BCUT2D eigenvalue weighted by Crippen LogP contribution is -2.27. The number of aryl methyl sites for hydroxylation is 1. The van der Waals surface area contributed by atoms with Crippen LogP contribution in [0.25, 0.3) is 11.3 Å². The maximum atomic E-state index is 12.9. The lowest BCUT2D eigenvalue weighted by molar-refractivity contribution is 0.0784. The van der Waals surface area contributed by atoms with E-state index in [1.165, 1.54) is 0 Å². The Labute approximate surface area is 161 Å². The van der Waals surface area contributed by atoms with E-state index >= 15 is 0 Å². The Morgan fingerprint density at radius 2 is 1.56 bits per heavy atom. The Balaban J connectivity index is 1.74. The maximum Gasteiger partial charge on any atom is 0.255 e. The van der Waals surface area contributed by atoms with Crippen LogP contribution in [0.15, 0.2) is 66.7 Å². The van der Waals surface area contributed by atoms with Crippen LogP contribution in [0.3, 0.4) is 0 Å². The third kappa shape index (κ3) is 4.34. The summed E-state index contributed by atoms with van der Waals surface area (Å²) in [4.78, 5) is 21.3. The molecule has 0 radical (unpaired) electrons. The minimum absolute atomic E-state index is 0.0173. The summed E-state index contributed by atoms with van der Waals surface area (Å²) in [5.41, 5.74) is 5.56. The Kier molecular flexibility index (Phi) is 5.55. The van der Waals surface area contributed by atoms with Gasteiger partial charge in [0.15, 0.2) is 0 Å². The molecule has 1 aromatic heterocycles. The van der Waals surface area contributed by atoms with Gasteiger partial charge < -0.3 is 9.80 Å². The highest BCUT2D eigenvalue weighted by Gasteiger charge is 2.16. The first kappa shape index (κ1) is 18.6. The molecule has 0 atom stereocenters. The summed E-state index contributed by atoms with van der Waals surface area (Å²) in [6, 6.07) is 22.0. The summed E-state index contributed by atoms with van der Waals surface area (Å²) in [5.74, 6) is -0.0173. The van der Waals surface area contributed by atoms with Gasteiger partial charge in [-0.2, -0.15) is 0 Å². The minimum atomic E-state index is -0.0173. The number of nitrogens with zero attached hydrogens (tertiary/aromatic N) is 3. The second kappa shape index (κ2) is 8.04. The molecule has 0 saturated carbocycles. The molecular weight excluding hydrogens is 334 g/mol. The van der Waals surface area contributed by atoms with Gasteiger partial charge in [0, 0.05) is 38.9 Å². The second-order valence-electron chi connectivity index (χ2n) is 6.92. The number of rotatable bonds is 5. The average molecular weight is 359 g/mol. The first-order chi connectivity index (χ1) is 13.0. The van der Waals surface area contributed by atoms with Crippen molar-refractivity contribution in [3.05, 3.63) is 83.6 Å². The highest BCUT2D eigenvalue weighted by Crippen LogP contribution is 2.20. The summed E-state index contributed by atoms with van der Waals surface area (Å²) >= 11 is 0. The van der Waals surface area contributed by atoms with E-state index in [1.54, 1.807) is 4.90 Å². The van der Waals surface area contributed by atoms with E-state index in [2.05, 4.69) is 34.1 Å². The van der Waals surface area contributed by atoms with E-state index < -0.39 is 0 Å². The quantitative estimate of drug-likeness (QED) is 0.678. The van der Waals surface area contributed by atoms with Crippen molar-refractivity contribution in [1.82, 2.24) is 9.88 Å². The molecule has 0 aliphatic heterocycles. The summed E-state index contributed by atoms with van der Waals surface area (Å²) in [5, 5.41) is 0. The van der Waals surface area contributed by atoms with Gasteiger partial charge in [-0.3, -0.25) is 9.78 Å². The molecule has 138 valence electrons. The van der Waals surface area contributed by atoms with Crippen LogP contribution in [0.1, 0.15) is 21.6 Å². The van der Waals surface area contributed by atoms with Gasteiger partial charge in [-0.1, -0.05) is 42.5 Å². The monoisotopic (exact) mass is 359 g/mol. The normalized spacial score (nSPS) is 10.5. The van der Waals surface area contributed by atoms with Gasteiger partial charge in [-0.15, -0.1) is 0 Å². The molecule has 4 heteroatoms. The second-order valence-corrected chi connectivity index (χ2v) is 6.92. The zero-order valence-electron chi connectivity index (χ0n) is 16.3. The summed E-state index contributed by atoms with van der Waals surface area (Å²) in [7, 11) is 5.85. The summed E-state index contributed by atoms with van der Waals surface area (Å²) in [6.07, 6.45) is 0. The van der Waals surface area contributed by atoms with Crippen molar-refractivity contribution in [2.24, 2.45) is 0 Å². The van der Waals surface area contributed by atoms with Gasteiger partial charge in [0.05, 0.1) is 17.0 Å². The lowest BCUT2D eigenvalue weighted by atomic mass is 10.1. The molecule has 0 saturated heterocycles. The molecule has 1 heterocycles. The largest absolute Gasteiger partial charge is 0.378 e. The van der Waals surface area contributed by atoms with Crippen molar-refractivity contribution in [3.63, 3.8) is 0 Å². The Morgan fingerprint density at radius 3 is 2.15 bits per heavy atom. The van der Waals surface area contributed by atoms with Gasteiger partial charge in [-0.25, -0.2) is 0 Å². The van der Waals surface area contributed by atoms with Crippen LogP contribution in [-0.2, 0) is 6.54 Å². The standard InChI is InChI=1S/C23H25N3O/c1-17-21(14-15-22(24-17)19-8-6-5-7-9-19)23(27)26(4)16-18-10-12-20(13-11-18)25(2)3/h5-15H,16H2,1-4H3.